The van der Waals surface area contributed by atoms with Crippen LogP contribution in [-0.2, 0) is 13.0 Å². The average molecular weight is 428 g/mol. The van der Waals surface area contributed by atoms with Gasteiger partial charge in [-0.2, -0.15) is 5.10 Å². The van der Waals surface area contributed by atoms with Gasteiger partial charge in [-0.15, -0.1) is 10.2 Å². The Morgan fingerprint density at radius 3 is 2.59 bits per heavy atom. The molecule has 3 heterocycles. The summed E-state index contributed by atoms with van der Waals surface area (Å²) < 4.78 is 9.22. The Balaban J connectivity index is 1.35. The summed E-state index contributed by atoms with van der Waals surface area (Å²) in [6.07, 6.45) is 6.19. The van der Waals surface area contributed by atoms with E-state index in [1.807, 2.05) is 54.6 Å². The van der Waals surface area contributed by atoms with E-state index in [1.54, 1.807) is 10.9 Å². The fourth-order valence-corrected chi connectivity index (χ4v) is 3.97. The van der Waals surface area contributed by atoms with Crippen LogP contribution in [0.5, 0.6) is 5.75 Å². The van der Waals surface area contributed by atoms with Gasteiger partial charge in [-0.25, -0.2) is 4.68 Å². The molecule has 8 heteroatoms. The van der Waals surface area contributed by atoms with Crippen molar-refractivity contribution in [3.8, 4) is 22.8 Å². The number of methoxy groups -OCH3 is 1. The molecular weight excluding hydrogens is 404 g/mol. The molecule has 162 valence electrons. The first kappa shape index (κ1) is 20.0. The maximum atomic E-state index is 12.9. The highest BCUT2D eigenvalue weighted by atomic mass is 16.5. The molecule has 5 rings (SSSR count). The van der Waals surface area contributed by atoms with Gasteiger partial charge >= 0.3 is 0 Å². The molecule has 1 N–H and O–H groups in total. The Labute approximate surface area is 185 Å². The molecule has 8 nitrogen and oxygen atoms in total. The number of carbonyl (C=O) groups excluding carboxylic acids is 1. The third-order valence-corrected chi connectivity index (χ3v) is 5.65. The second-order valence-electron chi connectivity index (χ2n) is 7.76. The van der Waals surface area contributed by atoms with Gasteiger partial charge in [0.1, 0.15) is 5.82 Å². The number of ether oxygens (including phenoxy) is 1. The van der Waals surface area contributed by atoms with E-state index in [0.29, 0.717) is 11.4 Å². The van der Waals surface area contributed by atoms with E-state index in [-0.39, 0.29) is 11.6 Å². The highest BCUT2D eigenvalue weighted by Crippen LogP contribution is 2.25. The molecule has 2 aromatic heterocycles. The minimum Gasteiger partial charge on any atom is -0.493 e. The molecule has 0 radical (unpaired) electrons. The maximum Gasteiger partial charge on any atom is 0.280 e. The van der Waals surface area contributed by atoms with Gasteiger partial charge < -0.3 is 14.6 Å². The van der Waals surface area contributed by atoms with Gasteiger partial charge in [-0.1, -0.05) is 24.6 Å². The van der Waals surface area contributed by atoms with Crippen molar-refractivity contribution in [3.63, 3.8) is 0 Å². The molecule has 0 saturated heterocycles. The lowest BCUT2D eigenvalue weighted by Gasteiger charge is -2.08. The number of nitrogens with zero attached hydrogens (tertiary/aromatic N) is 5. The standard InChI is InChI=1S/C24H24N6O2/c1-32-20-16-30(19-8-4-2-5-9-19)28-22(20)24(31)25-18-13-11-17(12-14-18)23-27-26-21-10-6-3-7-15-29(21)23/h2,4-5,8-9,11-14,16H,3,6-7,10,15H2,1H3,(H,25,31). The normalized spacial score (nSPS) is 13.3. The van der Waals surface area contributed by atoms with Crippen molar-refractivity contribution in [2.75, 3.05) is 12.4 Å². The predicted octanol–water partition coefficient (Wildman–Crippen LogP) is 4.12. The molecule has 1 aliphatic rings. The molecule has 1 aliphatic heterocycles. The Kier molecular flexibility index (Phi) is 5.41. The van der Waals surface area contributed by atoms with Crippen LogP contribution in [-0.4, -0.2) is 37.6 Å². The lowest BCUT2D eigenvalue weighted by Crippen LogP contribution is -2.14. The van der Waals surface area contributed by atoms with Gasteiger partial charge in [0.25, 0.3) is 5.91 Å². The summed E-state index contributed by atoms with van der Waals surface area (Å²) in [5.74, 6) is 2.01. The summed E-state index contributed by atoms with van der Waals surface area (Å²) in [7, 11) is 1.53. The van der Waals surface area contributed by atoms with Crippen molar-refractivity contribution in [1.82, 2.24) is 24.5 Å². The number of rotatable bonds is 5. The lowest BCUT2D eigenvalue weighted by molar-refractivity contribution is 0.101. The van der Waals surface area contributed by atoms with Crippen molar-refractivity contribution in [1.29, 1.82) is 0 Å². The van der Waals surface area contributed by atoms with E-state index in [1.165, 1.54) is 13.5 Å². The van der Waals surface area contributed by atoms with E-state index in [4.69, 9.17) is 4.74 Å². The number of anilines is 1. The van der Waals surface area contributed by atoms with Crippen LogP contribution >= 0.6 is 0 Å². The Morgan fingerprint density at radius 1 is 1.00 bits per heavy atom. The van der Waals surface area contributed by atoms with E-state index < -0.39 is 0 Å². The molecule has 0 spiro atoms. The fourth-order valence-electron chi connectivity index (χ4n) is 3.97. The van der Waals surface area contributed by atoms with Crippen LogP contribution in [0.1, 0.15) is 35.6 Å². The zero-order valence-corrected chi connectivity index (χ0v) is 17.9. The number of hydrogen-bond acceptors (Lipinski definition) is 5. The van der Waals surface area contributed by atoms with Crippen molar-refractivity contribution < 1.29 is 9.53 Å². The number of fused-ring (bicyclic) bond motifs is 1. The molecule has 32 heavy (non-hydrogen) atoms. The van der Waals surface area contributed by atoms with Crippen LogP contribution in [0.25, 0.3) is 17.1 Å². The summed E-state index contributed by atoms with van der Waals surface area (Å²) in [6.45, 7) is 0.944. The number of hydrogen-bond donors (Lipinski definition) is 1. The van der Waals surface area contributed by atoms with E-state index in [2.05, 4.69) is 25.2 Å². The second kappa shape index (κ2) is 8.66. The number of aryl methyl sites for hydroxylation is 1. The smallest absolute Gasteiger partial charge is 0.280 e. The minimum absolute atomic E-state index is 0.225. The first-order chi connectivity index (χ1) is 15.7. The number of aromatic nitrogens is 5. The monoisotopic (exact) mass is 428 g/mol. The van der Waals surface area contributed by atoms with Gasteiger partial charge in [0, 0.05) is 24.2 Å². The van der Waals surface area contributed by atoms with Crippen LogP contribution in [0.15, 0.2) is 60.8 Å². The highest BCUT2D eigenvalue weighted by Gasteiger charge is 2.19. The number of carbonyl (C=O) groups is 1. The van der Waals surface area contributed by atoms with Gasteiger partial charge in [-0.05, 0) is 49.2 Å². The molecule has 0 saturated carbocycles. The highest BCUT2D eigenvalue weighted by molar-refractivity contribution is 6.04. The molecular formula is C24H24N6O2. The van der Waals surface area contributed by atoms with Crippen LogP contribution in [0, 0.1) is 0 Å². The number of nitrogens with one attached hydrogen (secondary N) is 1. The van der Waals surface area contributed by atoms with Crippen molar-refractivity contribution in [2.24, 2.45) is 0 Å². The minimum atomic E-state index is -0.333. The van der Waals surface area contributed by atoms with E-state index in [9.17, 15) is 4.79 Å². The molecule has 0 unspecified atom stereocenters. The van der Waals surface area contributed by atoms with Crippen molar-refractivity contribution >= 4 is 11.6 Å². The summed E-state index contributed by atoms with van der Waals surface area (Å²) in [6, 6.07) is 17.2. The molecule has 2 aromatic carbocycles. The number of benzene rings is 2. The third kappa shape index (κ3) is 3.87. The molecule has 0 aliphatic carbocycles. The molecule has 0 fully saturated rings. The summed E-state index contributed by atoms with van der Waals surface area (Å²) in [4.78, 5) is 12.9. The van der Waals surface area contributed by atoms with Gasteiger partial charge in [-0.3, -0.25) is 4.79 Å². The van der Waals surface area contributed by atoms with Crippen LogP contribution < -0.4 is 10.1 Å². The first-order valence-corrected chi connectivity index (χ1v) is 10.8. The lowest BCUT2D eigenvalue weighted by atomic mass is 10.2. The fraction of sp³-hybridized carbons (Fsp3) is 0.250. The van der Waals surface area contributed by atoms with Gasteiger partial charge in [0.2, 0.25) is 0 Å². The largest absolute Gasteiger partial charge is 0.493 e. The predicted molar refractivity (Wildman–Crippen MR) is 121 cm³/mol. The maximum absolute atomic E-state index is 12.9. The third-order valence-electron chi connectivity index (χ3n) is 5.65. The molecule has 0 bridgehead atoms. The zero-order chi connectivity index (χ0) is 21.9. The Hall–Kier alpha value is -3.94. The molecule has 1 amide bonds. The summed E-state index contributed by atoms with van der Waals surface area (Å²) in [5.41, 5.74) is 2.73. The summed E-state index contributed by atoms with van der Waals surface area (Å²) in [5, 5.41) is 16.1. The van der Waals surface area contributed by atoms with E-state index in [0.717, 1.165) is 48.7 Å². The van der Waals surface area contributed by atoms with Crippen LogP contribution in [0.4, 0.5) is 5.69 Å². The molecule has 4 aromatic rings. The van der Waals surface area contributed by atoms with E-state index >= 15 is 0 Å². The zero-order valence-electron chi connectivity index (χ0n) is 17.9. The first-order valence-electron chi connectivity index (χ1n) is 10.8. The summed E-state index contributed by atoms with van der Waals surface area (Å²) >= 11 is 0. The SMILES string of the molecule is COc1cn(-c2ccccc2)nc1C(=O)Nc1ccc(-c2nnc3n2CCCCC3)cc1. The molecule has 0 atom stereocenters. The number of para-hydroxylation sites is 1. The Morgan fingerprint density at radius 2 is 1.81 bits per heavy atom. The van der Waals surface area contributed by atoms with Gasteiger partial charge in [0.05, 0.1) is 19.0 Å². The second-order valence-corrected chi connectivity index (χ2v) is 7.76. The van der Waals surface area contributed by atoms with Crippen molar-refractivity contribution in [2.45, 2.75) is 32.2 Å². The average Bonchev–Trinajstić information content (AvgIpc) is 3.38. The van der Waals surface area contributed by atoms with Crippen molar-refractivity contribution in [3.05, 3.63) is 72.3 Å². The number of amides is 1. The Bertz CT molecular complexity index is 1230. The van der Waals surface area contributed by atoms with Crippen LogP contribution in [0.3, 0.4) is 0 Å². The van der Waals surface area contributed by atoms with Gasteiger partial charge in [0.15, 0.2) is 17.3 Å². The quantitative estimate of drug-likeness (QED) is 0.517. The van der Waals surface area contributed by atoms with Crippen LogP contribution in [0.2, 0.25) is 0 Å². The topological polar surface area (TPSA) is 86.9 Å².